The smallest absolute Gasteiger partial charge is 0.227 e. The molecule has 0 spiro atoms. The molecule has 0 heterocycles. The van der Waals surface area contributed by atoms with Crippen molar-refractivity contribution < 1.29 is 0 Å². The van der Waals surface area contributed by atoms with E-state index >= 15 is 0 Å². The van der Waals surface area contributed by atoms with Crippen molar-refractivity contribution in [1.29, 1.82) is 0 Å². The van der Waals surface area contributed by atoms with E-state index in [-0.39, 0.29) is 5.54 Å². The average Bonchev–Trinajstić information content (AvgIpc) is 1.85. The summed E-state index contributed by atoms with van der Waals surface area (Å²) in [6.45, 7) is 16.6. The summed E-state index contributed by atoms with van der Waals surface area (Å²) < 4.78 is 0. The fourth-order valence-electron chi connectivity index (χ4n) is 0.575. The Balaban J connectivity index is 3.71. The van der Waals surface area contributed by atoms with Crippen LogP contribution in [0.2, 0.25) is 0 Å². The maximum atomic E-state index is 6.85. The summed E-state index contributed by atoms with van der Waals surface area (Å²) in [7, 11) is 0. The monoisotopic (exact) mass is 137 g/mol. The van der Waals surface area contributed by atoms with Gasteiger partial charge in [0.05, 0.1) is 0 Å². The van der Waals surface area contributed by atoms with Gasteiger partial charge in [-0.15, -0.1) is 6.58 Å². The number of allylic oxidation sites excluding steroid dienone is 1. The standard InChI is InChI=1S/C9H15N/c1-8(2)6-7-9(3,4)10-5/h1,6-7H2,2-4H3. The van der Waals surface area contributed by atoms with Gasteiger partial charge in [-0.1, -0.05) is 5.57 Å². The first-order valence-electron chi connectivity index (χ1n) is 3.51. The maximum Gasteiger partial charge on any atom is 0.227 e. The van der Waals surface area contributed by atoms with Crippen LogP contribution < -0.4 is 0 Å². The second-order valence-corrected chi connectivity index (χ2v) is 3.38. The van der Waals surface area contributed by atoms with E-state index in [1.807, 2.05) is 20.8 Å². The lowest BCUT2D eigenvalue weighted by atomic mass is 9.97. The van der Waals surface area contributed by atoms with Gasteiger partial charge in [0, 0.05) is 20.3 Å². The van der Waals surface area contributed by atoms with Crippen molar-refractivity contribution in [3.05, 3.63) is 23.6 Å². The van der Waals surface area contributed by atoms with Crippen molar-refractivity contribution in [2.24, 2.45) is 0 Å². The molecule has 0 saturated carbocycles. The SMILES string of the molecule is [C-]#[N+]C(C)(C)CCC(=C)C. The fraction of sp³-hybridized carbons (Fsp3) is 0.667. The molecule has 0 aromatic carbocycles. The number of hydrogen-bond donors (Lipinski definition) is 0. The van der Waals surface area contributed by atoms with Gasteiger partial charge in [0.15, 0.2) is 0 Å². The first kappa shape index (κ1) is 9.23. The fourth-order valence-corrected chi connectivity index (χ4v) is 0.575. The van der Waals surface area contributed by atoms with Gasteiger partial charge in [0.2, 0.25) is 5.54 Å². The van der Waals surface area contributed by atoms with Crippen LogP contribution >= 0.6 is 0 Å². The van der Waals surface area contributed by atoms with Gasteiger partial charge in [-0.2, -0.15) is 0 Å². The molecule has 0 radical (unpaired) electrons. The molecule has 0 unspecified atom stereocenters. The van der Waals surface area contributed by atoms with Gasteiger partial charge in [-0.05, 0) is 13.3 Å². The predicted octanol–water partition coefficient (Wildman–Crippen LogP) is 3.04. The molecule has 10 heavy (non-hydrogen) atoms. The second kappa shape index (κ2) is 3.41. The Hall–Kier alpha value is -0.770. The first-order valence-corrected chi connectivity index (χ1v) is 3.51. The van der Waals surface area contributed by atoms with Crippen LogP contribution in [0.1, 0.15) is 33.6 Å². The third-order valence-electron chi connectivity index (χ3n) is 1.47. The molecule has 0 fully saturated rings. The Morgan fingerprint density at radius 2 is 2.10 bits per heavy atom. The number of nitrogens with zero attached hydrogens (tertiary/aromatic N) is 1. The Labute approximate surface area is 63.6 Å². The summed E-state index contributed by atoms with van der Waals surface area (Å²) >= 11 is 0. The quantitative estimate of drug-likeness (QED) is 0.416. The molecule has 0 aromatic rings. The van der Waals surface area contributed by atoms with Crippen molar-refractivity contribution in [1.82, 2.24) is 0 Å². The van der Waals surface area contributed by atoms with E-state index in [9.17, 15) is 0 Å². The minimum atomic E-state index is -0.195. The predicted molar refractivity (Wildman–Crippen MR) is 44.7 cm³/mol. The highest BCUT2D eigenvalue weighted by Gasteiger charge is 2.21. The first-order chi connectivity index (χ1) is 4.48. The Morgan fingerprint density at radius 3 is 2.40 bits per heavy atom. The Morgan fingerprint density at radius 1 is 1.60 bits per heavy atom. The zero-order chi connectivity index (χ0) is 8.20. The number of hydrogen-bond acceptors (Lipinski definition) is 0. The van der Waals surface area contributed by atoms with Crippen molar-refractivity contribution >= 4 is 0 Å². The van der Waals surface area contributed by atoms with E-state index in [0.717, 1.165) is 18.4 Å². The van der Waals surface area contributed by atoms with Gasteiger partial charge in [-0.3, -0.25) is 0 Å². The molecule has 0 aliphatic carbocycles. The van der Waals surface area contributed by atoms with Crippen molar-refractivity contribution in [2.75, 3.05) is 0 Å². The summed E-state index contributed by atoms with van der Waals surface area (Å²) in [6.07, 6.45) is 1.89. The van der Waals surface area contributed by atoms with Crippen LogP contribution in [-0.2, 0) is 0 Å². The van der Waals surface area contributed by atoms with Crippen LogP contribution in [0.5, 0.6) is 0 Å². The lowest BCUT2D eigenvalue weighted by Gasteiger charge is -2.09. The van der Waals surface area contributed by atoms with Gasteiger partial charge in [0.25, 0.3) is 0 Å². The Bertz CT molecular complexity index is 160. The van der Waals surface area contributed by atoms with Gasteiger partial charge in [-0.25, -0.2) is 6.57 Å². The normalized spacial score (nSPS) is 10.6. The van der Waals surface area contributed by atoms with Crippen LogP contribution in [-0.4, -0.2) is 5.54 Å². The van der Waals surface area contributed by atoms with E-state index in [0.29, 0.717) is 0 Å². The molecule has 1 nitrogen and oxygen atoms in total. The van der Waals surface area contributed by atoms with E-state index in [4.69, 9.17) is 6.57 Å². The van der Waals surface area contributed by atoms with E-state index in [2.05, 4.69) is 11.4 Å². The van der Waals surface area contributed by atoms with E-state index < -0.39 is 0 Å². The Kier molecular flexibility index (Phi) is 3.15. The minimum Gasteiger partial charge on any atom is -0.311 e. The summed E-state index contributed by atoms with van der Waals surface area (Å²) in [5.41, 5.74) is 0.968. The molecular formula is C9H15N. The third-order valence-corrected chi connectivity index (χ3v) is 1.47. The molecule has 0 saturated heterocycles. The largest absolute Gasteiger partial charge is 0.311 e. The van der Waals surface area contributed by atoms with E-state index in [1.165, 1.54) is 0 Å². The minimum absolute atomic E-state index is 0.195. The highest BCUT2D eigenvalue weighted by Crippen LogP contribution is 2.18. The molecule has 0 bridgehead atoms. The molecule has 0 aromatic heterocycles. The van der Waals surface area contributed by atoms with Gasteiger partial charge >= 0.3 is 0 Å². The molecule has 0 aliphatic rings. The van der Waals surface area contributed by atoms with Crippen LogP contribution in [0.3, 0.4) is 0 Å². The molecular weight excluding hydrogens is 122 g/mol. The average molecular weight is 137 g/mol. The molecule has 0 amide bonds. The second-order valence-electron chi connectivity index (χ2n) is 3.38. The third kappa shape index (κ3) is 4.14. The van der Waals surface area contributed by atoms with Crippen LogP contribution in [0.25, 0.3) is 4.85 Å². The van der Waals surface area contributed by atoms with Crippen LogP contribution in [0, 0.1) is 6.57 Å². The van der Waals surface area contributed by atoms with Crippen LogP contribution in [0.15, 0.2) is 12.2 Å². The molecule has 0 aliphatic heterocycles. The summed E-state index contributed by atoms with van der Waals surface area (Å²) in [6, 6.07) is 0. The molecule has 56 valence electrons. The zero-order valence-corrected chi connectivity index (χ0v) is 7.07. The summed E-state index contributed by atoms with van der Waals surface area (Å²) in [5.74, 6) is 0. The lowest BCUT2D eigenvalue weighted by molar-refractivity contribution is 0.556. The highest BCUT2D eigenvalue weighted by molar-refractivity contribution is 4.96. The van der Waals surface area contributed by atoms with Crippen molar-refractivity contribution in [3.63, 3.8) is 0 Å². The van der Waals surface area contributed by atoms with Crippen molar-refractivity contribution in [3.8, 4) is 0 Å². The zero-order valence-electron chi connectivity index (χ0n) is 7.07. The highest BCUT2D eigenvalue weighted by atomic mass is 14.8. The summed E-state index contributed by atoms with van der Waals surface area (Å²) in [4.78, 5) is 3.50. The molecule has 0 N–H and O–H groups in total. The maximum absolute atomic E-state index is 6.85. The molecule has 0 atom stereocenters. The van der Waals surface area contributed by atoms with Gasteiger partial charge in [0.1, 0.15) is 0 Å². The number of rotatable bonds is 3. The molecule has 0 rings (SSSR count). The van der Waals surface area contributed by atoms with E-state index in [1.54, 1.807) is 0 Å². The topological polar surface area (TPSA) is 4.36 Å². The van der Waals surface area contributed by atoms with Gasteiger partial charge < -0.3 is 4.85 Å². The molecule has 1 heteroatoms. The van der Waals surface area contributed by atoms with Crippen molar-refractivity contribution in [2.45, 2.75) is 39.2 Å². The van der Waals surface area contributed by atoms with Crippen LogP contribution in [0.4, 0.5) is 0 Å². The summed E-state index contributed by atoms with van der Waals surface area (Å²) in [5, 5.41) is 0. The lowest BCUT2D eigenvalue weighted by Crippen LogP contribution is -2.13.